The summed E-state index contributed by atoms with van der Waals surface area (Å²) in [6, 6.07) is 13.4. The molecule has 34 heavy (non-hydrogen) atoms. The smallest absolute Gasteiger partial charge is 0.251 e. The van der Waals surface area contributed by atoms with Crippen molar-refractivity contribution in [2.24, 2.45) is 0 Å². The fourth-order valence-corrected chi connectivity index (χ4v) is 4.73. The van der Waals surface area contributed by atoms with E-state index < -0.39 is 0 Å². The third-order valence-electron chi connectivity index (χ3n) is 5.77. The van der Waals surface area contributed by atoms with Crippen molar-refractivity contribution < 1.29 is 4.79 Å². The first-order valence-electron chi connectivity index (χ1n) is 11.0. The molecule has 4 aromatic rings. The molecule has 1 aliphatic rings. The predicted molar refractivity (Wildman–Crippen MR) is 138 cm³/mol. The molecule has 3 heterocycles. The number of amides is 1. The molecule has 2 aromatic carbocycles. The van der Waals surface area contributed by atoms with Crippen LogP contribution >= 0.6 is 22.9 Å². The van der Waals surface area contributed by atoms with Crippen molar-refractivity contribution in [3.05, 3.63) is 64.8 Å². The summed E-state index contributed by atoms with van der Waals surface area (Å²) < 4.78 is 1.07. The minimum absolute atomic E-state index is 0.0731. The number of benzene rings is 2. The molecule has 1 saturated heterocycles. The lowest BCUT2D eigenvalue weighted by molar-refractivity contribution is 0.0917. The fraction of sp³-hybridized carbons (Fsp3) is 0.250. The third kappa shape index (κ3) is 5.27. The maximum Gasteiger partial charge on any atom is 0.251 e. The number of hydrogen-bond acceptors (Lipinski definition) is 8. The maximum atomic E-state index is 12.8. The van der Waals surface area contributed by atoms with Crippen molar-refractivity contribution in [2.75, 3.05) is 30.8 Å². The summed E-state index contributed by atoms with van der Waals surface area (Å²) >= 11 is 7.91. The number of halogens is 1. The Morgan fingerprint density at radius 1 is 1.09 bits per heavy atom. The number of anilines is 4. The molecule has 1 fully saturated rings. The molecule has 0 radical (unpaired) electrons. The average molecular weight is 494 g/mol. The molecule has 0 saturated carbocycles. The van der Waals surface area contributed by atoms with Crippen LogP contribution in [0.2, 0.25) is 5.02 Å². The van der Waals surface area contributed by atoms with Gasteiger partial charge in [0.2, 0.25) is 5.95 Å². The lowest BCUT2D eigenvalue weighted by Crippen LogP contribution is -2.43. The number of thiazole rings is 1. The van der Waals surface area contributed by atoms with Gasteiger partial charge in [0.25, 0.3) is 5.91 Å². The Labute approximate surface area is 206 Å². The van der Waals surface area contributed by atoms with Gasteiger partial charge in [-0.3, -0.25) is 4.79 Å². The summed E-state index contributed by atoms with van der Waals surface area (Å²) in [4.78, 5) is 28.1. The standard InChI is InChI=1S/C24H24ClN7OS/c1-32-9-7-16(8-10-32)29-23(33)15-3-2-4-17(11-15)30-24-26-13-19(25)22(31-24)28-18-5-6-20-21(12-18)34-14-27-20/h2-6,11-14,16H,7-10H2,1H3,(H,29,33)(H2,26,28,30,31). The number of piperidine rings is 1. The Bertz CT molecular complexity index is 1320. The number of carbonyl (C=O) groups excluding carboxylic acids is 1. The Balaban J connectivity index is 1.28. The van der Waals surface area contributed by atoms with E-state index in [1.807, 2.05) is 35.8 Å². The van der Waals surface area contributed by atoms with Gasteiger partial charge in [-0.1, -0.05) is 17.7 Å². The van der Waals surface area contributed by atoms with Crippen LogP contribution in [0.15, 0.2) is 54.2 Å². The zero-order valence-corrected chi connectivity index (χ0v) is 20.2. The summed E-state index contributed by atoms with van der Waals surface area (Å²) in [7, 11) is 2.10. The van der Waals surface area contributed by atoms with Crippen molar-refractivity contribution in [1.82, 2.24) is 25.2 Å². The molecule has 0 aliphatic carbocycles. The van der Waals surface area contributed by atoms with E-state index in [2.05, 4.69) is 42.8 Å². The molecule has 1 amide bonds. The molecular weight excluding hydrogens is 470 g/mol. The molecule has 3 N–H and O–H groups in total. The second-order valence-electron chi connectivity index (χ2n) is 8.31. The van der Waals surface area contributed by atoms with Crippen molar-refractivity contribution >= 4 is 62.2 Å². The summed E-state index contributed by atoms with van der Waals surface area (Å²) in [5.41, 5.74) is 4.93. The Hall–Kier alpha value is -3.27. The average Bonchev–Trinajstić information content (AvgIpc) is 3.31. The van der Waals surface area contributed by atoms with Crippen LogP contribution < -0.4 is 16.0 Å². The Kier molecular flexibility index (Phi) is 6.57. The van der Waals surface area contributed by atoms with Crippen LogP contribution in [0.3, 0.4) is 0 Å². The zero-order valence-electron chi connectivity index (χ0n) is 18.6. The number of nitrogens with one attached hydrogen (secondary N) is 3. The number of carbonyl (C=O) groups is 1. The van der Waals surface area contributed by atoms with E-state index in [0.717, 1.165) is 47.5 Å². The molecule has 0 bridgehead atoms. The molecule has 0 spiro atoms. The molecule has 10 heteroatoms. The number of rotatable bonds is 6. The lowest BCUT2D eigenvalue weighted by Gasteiger charge is -2.29. The van der Waals surface area contributed by atoms with Gasteiger partial charge >= 0.3 is 0 Å². The minimum Gasteiger partial charge on any atom is -0.349 e. The van der Waals surface area contributed by atoms with Crippen molar-refractivity contribution in [2.45, 2.75) is 18.9 Å². The summed E-state index contributed by atoms with van der Waals surface area (Å²) in [6.45, 7) is 1.99. The van der Waals surface area contributed by atoms with Gasteiger partial charge in [0, 0.05) is 23.0 Å². The highest BCUT2D eigenvalue weighted by atomic mass is 35.5. The zero-order chi connectivity index (χ0) is 23.5. The second kappa shape index (κ2) is 9.92. The highest BCUT2D eigenvalue weighted by Gasteiger charge is 2.19. The molecule has 0 unspecified atom stereocenters. The van der Waals surface area contributed by atoms with Crippen LogP contribution in [-0.2, 0) is 0 Å². The molecule has 2 aromatic heterocycles. The number of aromatic nitrogens is 3. The maximum absolute atomic E-state index is 12.8. The van der Waals surface area contributed by atoms with Crippen LogP contribution in [0.25, 0.3) is 10.2 Å². The highest BCUT2D eigenvalue weighted by molar-refractivity contribution is 7.16. The molecule has 5 rings (SSSR count). The first-order valence-corrected chi connectivity index (χ1v) is 12.3. The topological polar surface area (TPSA) is 95.1 Å². The van der Waals surface area contributed by atoms with Gasteiger partial charge in [-0.2, -0.15) is 4.98 Å². The van der Waals surface area contributed by atoms with E-state index in [1.165, 1.54) is 0 Å². The van der Waals surface area contributed by atoms with Gasteiger partial charge in [-0.05, 0) is 69.4 Å². The molecule has 0 atom stereocenters. The van der Waals surface area contributed by atoms with Gasteiger partial charge in [0.05, 0.1) is 21.9 Å². The number of hydrogen-bond donors (Lipinski definition) is 3. The van der Waals surface area contributed by atoms with Crippen molar-refractivity contribution in [3.8, 4) is 0 Å². The van der Waals surface area contributed by atoms with E-state index in [9.17, 15) is 4.79 Å². The largest absolute Gasteiger partial charge is 0.349 e. The van der Waals surface area contributed by atoms with Gasteiger partial charge in [-0.25, -0.2) is 9.97 Å². The summed E-state index contributed by atoms with van der Waals surface area (Å²) in [6.07, 6.45) is 3.47. The number of fused-ring (bicyclic) bond motifs is 1. The van der Waals surface area contributed by atoms with E-state index in [1.54, 1.807) is 29.7 Å². The Morgan fingerprint density at radius 2 is 1.91 bits per heavy atom. The third-order valence-corrected chi connectivity index (χ3v) is 6.84. The highest BCUT2D eigenvalue weighted by Crippen LogP contribution is 2.28. The van der Waals surface area contributed by atoms with E-state index >= 15 is 0 Å². The van der Waals surface area contributed by atoms with Gasteiger partial charge in [0.1, 0.15) is 5.02 Å². The minimum atomic E-state index is -0.0731. The van der Waals surface area contributed by atoms with Crippen LogP contribution in [0, 0.1) is 0 Å². The van der Waals surface area contributed by atoms with Crippen LogP contribution in [0.1, 0.15) is 23.2 Å². The van der Waals surface area contributed by atoms with E-state index in [4.69, 9.17) is 11.6 Å². The first-order chi connectivity index (χ1) is 16.5. The van der Waals surface area contributed by atoms with Crippen molar-refractivity contribution in [3.63, 3.8) is 0 Å². The monoisotopic (exact) mass is 493 g/mol. The van der Waals surface area contributed by atoms with Crippen LogP contribution in [-0.4, -0.2) is 51.9 Å². The SMILES string of the molecule is CN1CCC(NC(=O)c2cccc(Nc3ncc(Cl)c(Nc4ccc5ncsc5c4)n3)c2)CC1. The second-order valence-corrected chi connectivity index (χ2v) is 9.60. The molecule has 8 nitrogen and oxygen atoms in total. The predicted octanol–water partition coefficient (Wildman–Crippen LogP) is 5.05. The number of nitrogens with zero attached hydrogens (tertiary/aromatic N) is 4. The number of likely N-dealkylation sites (tertiary alicyclic amines) is 1. The Morgan fingerprint density at radius 3 is 2.76 bits per heavy atom. The lowest BCUT2D eigenvalue weighted by atomic mass is 10.0. The van der Waals surface area contributed by atoms with Crippen molar-refractivity contribution in [1.29, 1.82) is 0 Å². The first kappa shape index (κ1) is 22.5. The van der Waals surface area contributed by atoms with Crippen LogP contribution in [0.4, 0.5) is 23.1 Å². The normalized spacial score (nSPS) is 14.8. The summed E-state index contributed by atoms with van der Waals surface area (Å²) in [5, 5.41) is 9.97. The fourth-order valence-electron chi connectivity index (χ4n) is 3.87. The quantitative estimate of drug-likeness (QED) is 0.346. The molecule has 174 valence electrons. The summed E-state index contributed by atoms with van der Waals surface area (Å²) in [5.74, 6) is 0.786. The van der Waals surface area contributed by atoms with Gasteiger partial charge < -0.3 is 20.9 Å². The van der Waals surface area contributed by atoms with Crippen LogP contribution in [0.5, 0.6) is 0 Å². The molecular formula is C24H24ClN7OS. The van der Waals surface area contributed by atoms with Gasteiger partial charge in [0.15, 0.2) is 5.82 Å². The van der Waals surface area contributed by atoms with Gasteiger partial charge in [-0.15, -0.1) is 11.3 Å². The van der Waals surface area contributed by atoms with E-state index in [0.29, 0.717) is 22.4 Å². The van der Waals surface area contributed by atoms with E-state index in [-0.39, 0.29) is 11.9 Å². The molecule has 1 aliphatic heterocycles.